The number of carbonyl (C=O) groups excluding carboxylic acids is 1. The maximum Gasteiger partial charge on any atom is 0.315 e. The highest BCUT2D eigenvalue weighted by atomic mass is 16.3. The zero-order valence-corrected chi connectivity index (χ0v) is 11.7. The summed E-state index contributed by atoms with van der Waals surface area (Å²) in [5.74, 6) is 0. The molecule has 0 bridgehead atoms. The third-order valence-corrected chi connectivity index (χ3v) is 4.78. The van der Waals surface area contributed by atoms with Gasteiger partial charge in [-0.15, -0.1) is 0 Å². The number of hydrogen-bond acceptors (Lipinski definition) is 3. The highest BCUT2D eigenvalue weighted by molar-refractivity contribution is 5.74. The van der Waals surface area contributed by atoms with Crippen LogP contribution < -0.4 is 10.6 Å². The van der Waals surface area contributed by atoms with Crippen LogP contribution in [0.1, 0.15) is 51.9 Å². The Balaban J connectivity index is 1.78. The van der Waals surface area contributed by atoms with Crippen molar-refractivity contribution in [3.63, 3.8) is 0 Å². The molecule has 2 fully saturated rings. The van der Waals surface area contributed by atoms with Gasteiger partial charge in [-0.05, 0) is 38.5 Å². The molecule has 0 aromatic heterocycles. The van der Waals surface area contributed by atoms with E-state index in [0.717, 1.165) is 44.9 Å². The number of hydrogen-bond donors (Lipinski definition) is 4. The van der Waals surface area contributed by atoms with Gasteiger partial charge in [0.05, 0.1) is 12.7 Å². The first kappa shape index (κ1) is 14.6. The third kappa shape index (κ3) is 3.60. The highest BCUT2D eigenvalue weighted by Gasteiger charge is 2.39. The number of carbonyl (C=O) groups is 1. The first-order chi connectivity index (χ1) is 9.03. The molecule has 5 nitrogen and oxygen atoms in total. The molecular formula is C14H26N2O3. The predicted octanol–water partition coefficient (Wildman–Crippen LogP) is 1.14. The minimum Gasteiger partial charge on any atom is -0.396 e. The summed E-state index contributed by atoms with van der Waals surface area (Å²) in [6, 6.07) is 0.102. The Hall–Kier alpha value is -0.810. The summed E-state index contributed by atoms with van der Waals surface area (Å²) in [6.45, 7) is 2.15. The lowest BCUT2D eigenvalue weighted by molar-refractivity contribution is 0.112. The van der Waals surface area contributed by atoms with E-state index in [0.29, 0.717) is 0 Å². The van der Waals surface area contributed by atoms with E-state index in [1.54, 1.807) is 0 Å². The first-order valence-electron chi connectivity index (χ1n) is 7.39. The number of aliphatic hydroxyl groups is 2. The fourth-order valence-electron chi connectivity index (χ4n) is 3.27. The monoisotopic (exact) mass is 270 g/mol. The second-order valence-electron chi connectivity index (χ2n) is 6.38. The van der Waals surface area contributed by atoms with Crippen molar-refractivity contribution in [1.29, 1.82) is 0 Å². The molecule has 110 valence electrons. The van der Waals surface area contributed by atoms with Crippen molar-refractivity contribution >= 4 is 6.03 Å². The maximum absolute atomic E-state index is 12.0. The van der Waals surface area contributed by atoms with Crippen LogP contribution in [-0.2, 0) is 0 Å². The molecule has 2 aliphatic carbocycles. The quantitative estimate of drug-likeness (QED) is 0.621. The van der Waals surface area contributed by atoms with Crippen LogP contribution in [0.15, 0.2) is 0 Å². The van der Waals surface area contributed by atoms with E-state index in [1.165, 1.54) is 0 Å². The molecule has 2 amide bonds. The number of amides is 2. The molecule has 5 heteroatoms. The van der Waals surface area contributed by atoms with E-state index in [-0.39, 0.29) is 36.2 Å². The number of urea groups is 1. The van der Waals surface area contributed by atoms with E-state index >= 15 is 0 Å². The van der Waals surface area contributed by atoms with E-state index in [9.17, 15) is 15.0 Å². The zero-order valence-electron chi connectivity index (χ0n) is 11.7. The molecule has 2 unspecified atom stereocenters. The summed E-state index contributed by atoms with van der Waals surface area (Å²) < 4.78 is 0. The van der Waals surface area contributed by atoms with E-state index in [2.05, 4.69) is 10.6 Å². The fourth-order valence-corrected chi connectivity index (χ4v) is 3.27. The van der Waals surface area contributed by atoms with Crippen molar-refractivity contribution < 1.29 is 15.0 Å². The lowest BCUT2D eigenvalue weighted by Crippen LogP contribution is -2.51. The Morgan fingerprint density at radius 2 is 1.89 bits per heavy atom. The Bertz CT molecular complexity index is 316. The van der Waals surface area contributed by atoms with Gasteiger partial charge in [0.2, 0.25) is 0 Å². The molecule has 2 aliphatic rings. The summed E-state index contributed by atoms with van der Waals surface area (Å²) in [7, 11) is 0. The van der Waals surface area contributed by atoms with Gasteiger partial charge in [-0.1, -0.05) is 13.3 Å². The molecule has 0 aromatic rings. The molecule has 2 rings (SSSR count). The summed E-state index contributed by atoms with van der Waals surface area (Å²) >= 11 is 0. The van der Waals surface area contributed by atoms with Gasteiger partial charge >= 0.3 is 6.03 Å². The Morgan fingerprint density at radius 3 is 2.53 bits per heavy atom. The van der Waals surface area contributed by atoms with Crippen LogP contribution in [0.3, 0.4) is 0 Å². The topological polar surface area (TPSA) is 81.6 Å². The van der Waals surface area contributed by atoms with Gasteiger partial charge < -0.3 is 20.8 Å². The SMILES string of the molecule is CC1(CO)CCCC1NC(=O)NC1CCC(O)CC1. The van der Waals surface area contributed by atoms with Crippen molar-refractivity contribution in [2.24, 2.45) is 5.41 Å². The van der Waals surface area contributed by atoms with E-state index < -0.39 is 0 Å². The first-order valence-corrected chi connectivity index (χ1v) is 7.39. The molecule has 19 heavy (non-hydrogen) atoms. The number of aliphatic hydroxyl groups excluding tert-OH is 2. The van der Waals surface area contributed by atoms with Crippen LogP contribution >= 0.6 is 0 Å². The summed E-state index contributed by atoms with van der Waals surface area (Å²) in [5, 5.41) is 24.9. The lowest BCUT2D eigenvalue weighted by Gasteiger charge is -2.32. The standard InChI is InChI=1S/C14H26N2O3/c1-14(9-17)8-2-3-12(14)16-13(19)15-10-4-6-11(18)7-5-10/h10-12,17-18H,2-9H2,1H3,(H2,15,16,19). The Labute approximate surface area is 114 Å². The second kappa shape index (κ2) is 6.09. The van der Waals surface area contributed by atoms with Crippen molar-refractivity contribution in [3.05, 3.63) is 0 Å². The van der Waals surface area contributed by atoms with Crippen molar-refractivity contribution in [2.45, 2.75) is 70.1 Å². The van der Waals surface area contributed by atoms with E-state index in [1.807, 2.05) is 6.92 Å². The molecule has 0 aromatic carbocycles. The smallest absolute Gasteiger partial charge is 0.315 e. The molecular weight excluding hydrogens is 244 g/mol. The van der Waals surface area contributed by atoms with Gasteiger partial charge in [-0.25, -0.2) is 4.79 Å². The van der Waals surface area contributed by atoms with Gasteiger partial charge in [0.25, 0.3) is 0 Å². The van der Waals surface area contributed by atoms with Gasteiger partial charge in [0, 0.05) is 17.5 Å². The zero-order chi connectivity index (χ0) is 13.9. The molecule has 2 atom stereocenters. The molecule has 0 spiro atoms. The highest BCUT2D eigenvalue weighted by Crippen LogP contribution is 2.37. The lowest BCUT2D eigenvalue weighted by atomic mass is 9.86. The Morgan fingerprint density at radius 1 is 1.21 bits per heavy atom. The van der Waals surface area contributed by atoms with Crippen LogP contribution in [0, 0.1) is 5.41 Å². The average Bonchev–Trinajstić information content (AvgIpc) is 2.74. The third-order valence-electron chi connectivity index (χ3n) is 4.78. The molecule has 0 heterocycles. The predicted molar refractivity (Wildman–Crippen MR) is 72.8 cm³/mol. The van der Waals surface area contributed by atoms with Crippen LogP contribution in [0.4, 0.5) is 4.79 Å². The maximum atomic E-state index is 12.0. The minimum absolute atomic E-state index is 0.0617. The van der Waals surface area contributed by atoms with Crippen molar-refractivity contribution in [1.82, 2.24) is 10.6 Å². The van der Waals surface area contributed by atoms with Crippen LogP contribution in [0.25, 0.3) is 0 Å². The number of nitrogens with one attached hydrogen (secondary N) is 2. The largest absolute Gasteiger partial charge is 0.396 e. The van der Waals surface area contributed by atoms with Crippen molar-refractivity contribution in [2.75, 3.05) is 6.61 Å². The van der Waals surface area contributed by atoms with Gasteiger partial charge in [0.15, 0.2) is 0 Å². The second-order valence-corrected chi connectivity index (χ2v) is 6.38. The summed E-state index contributed by atoms with van der Waals surface area (Å²) in [6.07, 6.45) is 5.97. The molecule has 0 radical (unpaired) electrons. The summed E-state index contributed by atoms with van der Waals surface area (Å²) in [4.78, 5) is 12.0. The van der Waals surface area contributed by atoms with Crippen LogP contribution in [0.2, 0.25) is 0 Å². The van der Waals surface area contributed by atoms with Gasteiger partial charge in [-0.2, -0.15) is 0 Å². The molecule has 4 N–H and O–H groups in total. The fraction of sp³-hybridized carbons (Fsp3) is 0.929. The average molecular weight is 270 g/mol. The van der Waals surface area contributed by atoms with Gasteiger partial charge in [0.1, 0.15) is 0 Å². The Kier molecular flexibility index (Phi) is 4.68. The number of rotatable bonds is 3. The normalized spacial score (nSPS) is 39.0. The van der Waals surface area contributed by atoms with Crippen LogP contribution in [0.5, 0.6) is 0 Å². The van der Waals surface area contributed by atoms with Gasteiger partial charge in [-0.3, -0.25) is 0 Å². The minimum atomic E-state index is -0.200. The van der Waals surface area contributed by atoms with Crippen LogP contribution in [-0.4, -0.2) is 41.0 Å². The van der Waals surface area contributed by atoms with Crippen molar-refractivity contribution in [3.8, 4) is 0 Å². The molecule has 0 aliphatic heterocycles. The molecule has 2 saturated carbocycles. The molecule has 0 saturated heterocycles. The summed E-state index contributed by atoms with van der Waals surface area (Å²) in [5.41, 5.74) is -0.180. The van der Waals surface area contributed by atoms with E-state index in [4.69, 9.17) is 0 Å².